The van der Waals surface area contributed by atoms with Crippen LogP contribution in [0, 0.1) is 12.8 Å². The number of fused-ring (bicyclic) bond motifs is 3. The first-order valence-electron chi connectivity index (χ1n) is 9.54. The first-order chi connectivity index (χ1) is 13.1. The molecule has 5 nitrogen and oxygen atoms in total. The lowest BCUT2D eigenvalue weighted by molar-refractivity contribution is -0.121. The van der Waals surface area contributed by atoms with Crippen molar-refractivity contribution >= 4 is 33.4 Å². The Morgan fingerprint density at radius 2 is 2.04 bits per heavy atom. The molecule has 5 rings (SSSR count). The summed E-state index contributed by atoms with van der Waals surface area (Å²) in [6.07, 6.45) is 4.26. The second-order valence-corrected chi connectivity index (χ2v) is 8.69. The van der Waals surface area contributed by atoms with Gasteiger partial charge in [-0.15, -0.1) is 11.3 Å². The highest BCUT2D eigenvalue weighted by Gasteiger charge is 2.30. The fraction of sp³-hybridized carbons (Fsp3) is 0.381. The summed E-state index contributed by atoms with van der Waals surface area (Å²) in [7, 11) is 0. The third-order valence-electron chi connectivity index (χ3n) is 5.75. The van der Waals surface area contributed by atoms with Gasteiger partial charge in [-0.1, -0.05) is 29.8 Å². The lowest BCUT2D eigenvalue weighted by Gasteiger charge is -2.17. The summed E-state index contributed by atoms with van der Waals surface area (Å²) in [6.45, 7) is 3.48. The Labute approximate surface area is 162 Å². The largest absolute Gasteiger partial charge is 0.369 e. The number of nitrogens with two attached hydrogens (primary N) is 1. The maximum atomic E-state index is 11.6. The van der Waals surface area contributed by atoms with Crippen molar-refractivity contribution in [2.45, 2.75) is 32.6 Å². The van der Waals surface area contributed by atoms with Gasteiger partial charge in [0.15, 0.2) is 0 Å². The monoisotopic (exact) mass is 378 g/mol. The Bertz CT molecular complexity index is 1040. The van der Waals surface area contributed by atoms with E-state index in [1.54, 1.807) is 0 Å². The number of anilines is 1. The van der Waals surface area contributed by atoms with Crippen molar-refractivity contribution in [2.24, 2.45) is 11.7 Å². The van der Waals surface area contributed by atoms with Crippen LogP contribution in [0.1, 0.15) is 28.8 Å². The van der Waals surface area contributed by atoms with E-state index in [4.69, 9.17) is 15.7 Å². The summed E-state index contributed by atoms with van der Waals surface area (Å²) >= 11 is 1.81. The molecule has 0 bridgehead atoms. The summed E-state index contributed by atoms with van der Waals surface area (Å²) in [4.78, 5) is 26.1. The summed E-state index contributed by atoms with van der Waals surface area (Å²) in [5, 5.41) is 1.23. The van der Waals surface area contributed by atoms with Gasteiger partial charge in [-0.25, -0.2) is 9.97 Å². The van der Waals surface area contributed by atoms with Crippen molar-refractivity contribution in [1.29, 1.82) is 0 Å². The zero-order valence-electron chi connectivity index (χ0n) is 15.4. The molecule has 1 saturated heterocycles. The second kappa shape index (κ2) is 6.30. The molecule has 2 aromatic heterocycles. The van der Waals surface area contributed by atoms with Crippen LogP contribution in [0.2, 0.25) is 0 Å². The third kappa shape index (κ3) is 2.79. The predicted octanol–water partition coefficient (Wildman–Crippen LogP) is 3.47. The topological polar surface area (TPSA) is 72.1 Å². The number of aryl methyl sites for hydroxylation is 3. The van der Waals surface area contributed by atoms with E-state index < -0.39 is 0 Å². The number of aromatic nitrogens is 2. The van der Waals surface area contributed by atoms with E-state index in [0.717, 1.165) is 47.8 Å². The Morgan fingerprint density at radius 1 is 1.22 bits per heavy atom. The highest BCUT2D eigenvalue weighted by Crippen LogP contribution is 2.42. The summed E-state index contributed by atoms with van der Waals surface area (Å²) in [6, 6.07) is 8.56. The number of amides is 1. The zero-order valence-corrected chi connectivity index (χ0v) is 16.2. The van der Waals surface area contributed by atoms with E-state index in [9.17, 15) is 4.79 Å². The first kappa shape index (κ1) is 16.7. The van der Waals surface area contributed by atoms with Crippen LogP contribution in [-0.2, 0) is 17.6 Å². The molecular weight excluding hydrogens is 356 g/mol. The number of carbonyl (C=O) groups excluding carboxylic acids is 1. The molecule has 3 aromatic rings. The van der Waals surface area contributed by atoms with Crippen molar-refractivity contribution in [1.82, 2.24) is 9.97 Å². The van der Waals surface area contributed by atoms with Crippen molar-refractivity contribution in [3.63, 3.8) is 0 Å². The number of hydrogen-bond donors (Lipinski definition) is 1. The van der Waals surface area contributed by atoms with Crippen molar-refractivity contribution in [3.05, 3.63) is 40.3 Å². The average Bonchev–Trinajstić information content (AvgIpc) is 3.37. The van der Waals surface area contributed by atoms with Crippen molar-refractivity contribution in [3.8, 4) is 11.3 Å². The third-order valence-corrected chi connectivity index (χ3v) is 6.94. The molecule has 6 heteroatoms. The summed E-state index contributed by atoms with van der Waals surface area (Å²) in [5.41, 5.74) is 10.3. The molecular formula is C21H22N4OS. The fourth-order valence-corrected chi connectivity index (χ4v) is 5.48. The van der Waals surface area contributed by atoms with Gasteiger partial charge in [-0.05, 0) is 38.2 Å². The van der Waals surface area contributed by atoms with Gasteiger partial charge < -0.3 is 10.6 Å². The molecule has 1 amide bonds. The quantitative estimate of drug-likeness (QED) is 0.757. The number of primary amides is 1. The molecule has 27 heavy (non-hydrogen) atoms. The van der Waals surface area contributed by atoms with Crippen molar-refractivity contribution in [2.75, 3.05) is 18.0 Å². The van der Waals surface area contributed by atoms with Gasteiger partial charge in [0.2, 0.25) is 11.9 Å². The lowest BCUT2D eigenvalue weighted by Crippen LogP contribution is -2.28. The van der Waals surface area contributed by atoms with Crippen molar-refractivity contribution < 1.29 is 4.79 Å². The Morgan fingerprint density at radius 3 is 2.78 bits per heavy atom. The molecule has 138 valence electrons. The fourth-order valence-electron chi connectivity index (χ4n) is 4.22. The highest BCUT2D eigenvalue weighted by molar-refractivity contribution is 7.19. The number of nitrogens with zero attached hydrogens (tertiary/aromatic N) is 3. The molecule has 0 saturated carbocycles. The molecule has 2 aliphatic rings. The lowest BCUT2D eigenvalue weighted by atomic mass is 10.0. The molecule has 1 unspecified atom stereocenters. The van der Waals surface area contributed by atoms with Crippen LogP contribution in [0.4, 0.5) is 5.95 Å². The molecule has 1 atom stereocenters. The average molecular weight is 379 g/mol. The smallest absolute Gasteiger partial charge is 0.227 e. The molecule has 0 radical (unpaired) electrons. The van der Waals surface area contributed by atoms with E-state index >= 15 is 0 Å². The standard InChI is InChI=1S/C21H22N4OS/c1-12-5-7-13(8-6-12)18-17-15-3-2-4-16(15)27-20(17)24-21(23-18)25-10-9-14(11-25)19(22)26/h5-8,14H,2-4,9-11H2,1H3,(H2,22,26). The van der Waals surface area contributed by atoms with Gasteiger partial charge >= 0.3 is 0 Å². The van der Waals surface area contributed by atoms with Gasteiger partial charge in [0, 0.05) is 28.9 Å². The molecule has 1 aliphatic carbocycles. The minimum atomic E-state index is -0.229. The van der Waals surface area contributed by atoms with E-state index in [-0.39, 0.29) is 11.8 Å². The van der Waals surface area contributed by atoms with Crippen LogP contribution in [0.5, 0.6) is 0 Å². The number of rotatable bonds is 3. The van der Waals surface area contributed by atoms with Crippen LogP contribution >= 0.6 is 11.3 Å². The Kier molecular flexibility index (Phi) is 3.90. The van der Waals surface area contributed by atoms with Gasteiger partial charge in [0.05, 0.1) is 11.6 Å². The number of carbonyl (C=O) groups is 1. The van der Waals surface area contributed by atoms with Gasteiger partial charge in [0.1, 0.15) is 4.83 Å². The molecule has 1 aromatic carbocycles. The number of hydrogen-bond acceptors (Lipinski definition) is 5. The molecule has 0 spiro atoms. The number of benzene rings is 1. The molecule has 1 fully saturated rings. The normalized spacial score (nSPS) is 19.0. The Hall–Kier alpha value is -2.47. The second-order valence-electron chi connectivity index (χ2n) is 7.61. The van der Waals surface area contributed by atoms with Gasteiger partial charge in [0.25, 0.3) is 0 Å². The van der Waals surface area contributed by atoms with E-state index in [2.05, 4.69) is 36.1 Å². The Balaban J connectivity index is 1.66. The van der Waals surface area contributed by atoms with Crippen LogP contribution in [0.3, 0.4) is 0 Å². The van der Waals surface area contributed by atoms with Gasteiger partial charge in [-0.2, -0.15) is 0 Å². The maximum absolute atomic E-state index is 11.6. The maximum Gasteiger partial charge on any atom is 0.227 e. The van der Waals surface area contributed by atoms with Crippen LogP contribution in [-0.4, -0.2) is 29.0 Å². The summed E-state index contributed by atoms with van der Waals surface area (Å²) in [5.74, 6) is 0.384. The van der Waals surface area contributed by atoms with E-state index in [0.29, 0.717) is 6.54 Å². The van der Waals surface area contributed by atoms with E-state index in [1.807, 2.05) is 11.3 Å². The van der Waals surface area contributed by atoms with Crippen LogP contribution in [0.15, 0.2) is 24.3 Å². The summed E-state index contributed by atoms with van der Waals surface area (Å²) < 4.78 is 0. The molecule has 2 N–H and O–H groups in total. The van der Waals surface area contributed by atoms with Crippen LogP contribution in [0.25, 0.3) is 21.5 Å². The molecule has 1 aliphatic heterocycles. The van der Waals surface area contributed by atoms with E-state index in [1.165, 1.54) is 27.8 Å². The highest BCUT2D eigenvalue weighted by atomic mass is 32.1. The minimum absolute atomic E-state index is 0.111. The minimum Gasteiger partial charge on any atom is -0.369 e. The predicted molar refractivity (Wildman–Crippen MR) is 109 cm³/mol. The SMILES string of the molecule is Cc1ccc(-c2nc(N3CCC(C(N)=O)C3)nc3sc4c(c23)CCC4)cc1. The van der Waals surface area contributed by atoms with Crippen LogP contribution < -0.4 is 10.6 Å². The zero-order chi connectivity index (χ0) is 18.5. The molecule has 3 heterocycles. The first-order valence-corrected chi connectivity index (χ1v) is 10.4. The van der Waals surface area contributed by atoms with Gasteiger partial charge in [-0.3, -0.25) is 4.79 Å². The number of thiophene rings is 1.